The number of carbonyl (C=O) groups is 2. The van der Waals surface area contributed by atoms with Crippen molar-refractivity contribution in [2.24, 2.45) is 0 Å². The average Bonchev–Trinajstić information content (AvgIpc) is 3.73. The zero-order valence-corrected chi connectivity index (χ0v) is 22.9. The number of ether oxygens (including phenoxy) is 2. The van der Waals surface area contributed by atoms with Crippen molar-refractivity contribution in [2.45, 2.75) is 62.7 Å². The molecule has 5 atom stereocenters. The number of carbonyl (C=O) groups excluding carboxylic acids is 2. The smallest absolute Gasteiger partial charge is 0.325 e. The number of aliphatic hydroxyl groups is 3. The second kappa shape index (κ2) is 12.2. The van der Waals surface area contributed by atoms with Gasteiger partial charge in [-0.2, -0.15) is 0 Å². The number of nitrogens with one attached hydrogen (secondary N) is 2. The number of amides is 2. The first-order valence-electron chi connectivity index (χ1n) is 13.5. The number of hydrogen-bond acceptors (Lipinski definition) is 7. The summed E-state index contributed by atoms with van der Waals surface area (Å²) in [5, 5.41) is 38.4. The van der Waals surface area contributed by atoms with E-state index in [0.717, 1.165) is 16.5 Å². The molecule has 0 radical (unpaired) electrons. The number of benzene rings is 2. The van der Waals surface area contributed by atoms with E-state index >= 15 is 0 Å². The molecule has 3 aromatic rings. The second-order valence-corrected chi connectivity index (χ2v) is 10.7. The van der Waals surface area contributed by atoms with E-state index < -0.39 is 42.6 Å². The first-order valence-corrected chi connectivity index (χ1v) is 13.9. The van der Waals surface area contributed by atoms with Crippen LogP contribution in [-0.2, 0) is 20.7 Å². The SMILES string of the molecule is CCOC(=O)CNC(=O)NC[C@H]1O[C@@H](n2cc(Cc3ccc(C4CC4)cc3)c3c(Cl)cccc32)[C@H](O)[C@@H](O)[C@@H]1O. The summed E-state index contributed by atoms with van der Waals surface area (Å²) in [7, 11) is 0. The van der Waals surface area contributed by atoms with Crippen LogP contribution in [0.25, 0.3) is 10.9 Å². The summed E-state index contributed by atoms with van der Waals surface area (Å²) >= 11 is 6.64. The van der Waals surface area contributed by atoms with Gasteiger partial charge in [-0.25, -0.2) is 4.79 Å². The van der Waals surface area contributed by atoms with Gasteiger partial charge in [0.25, 0.3) is 0 Å². The molecule has 2 aliphatic rings. The van der Waals surface area contributed by atoms with E-state index in [-0.39, 0.29) is 19.7 Å². The summed E-state index contributed by atoms with van der Waals surface area (Å²) in [6.07, 6.45) is -1.66. The van der Waals surface area contributed by atoms with Crippen molar-refractivity contribution in [3.05, 3.63) is 70.4 Å². The fourth-order valence-electron chi connectivity index (χ4n) is 5.19. The van der Waals surface area contributed by atoms with Crippen LogP contribution in [0.3, 0.4) is 0 Å². The lowest BCUT2D eigenvalue weighted by molar-refractivity contribution is -0.241. The molecule has 10 nitrogen and oxygen atoms in total. The predicted octanol–water partition coefficient (Wildman–Crippen LogP) is 2.61. The maximum absolute atomic E-state index is 12.2. The molecule has 2 heterocycles. The molecule has 2 amide bonds. The van der Waals surface area contributed by atoms with E-state index in [2.05, 4.69) is 34.9 Å². The average molecular weight is 572 g/mol. The van der Waals surface area contributed by atoms with Crippen molar-refractivity contribution in [3.8, 4) is 0 Å². The van der Waals surface area contributed by atoms with Crippen molar-refractivity contribution < 1.29 is 34.4 Å². The molecule has 5 rings (SSSR count). The molecule has 5 N–H and O–H groups in total. The Bertz CT molecular complexity index is 1360. The number of hydrogen-bond donors (Lipinski definition) is 5. The molecule has 11 heteroatoms. The normalized spacial score (nSPS) is 24.6. The van der Waals surface area contributed by atoms with Gasteiger partial charge in [-0.1, -0.05) is 41.9 Å². The lowest BCUT2D eigenvalue weighted by Crippen LogP contribution is -2.58. The minimum atomic E-state index is -1.54. The number of halogens is 1. The number of rotatable bonds is 9. The Balaban J connectivity index is 1.35. The molecule has 40 heavy (non-hydrogen) atoms. The lowest BCUT2D eigenvalue weighted by Gasteiger charge is -2.41. The van der Waals surface area contributed by atoms with Crippen LogP contribution < -0.4 is 10.6 Å². The van der Waals surface area contributed by atoms with Crippen LogP contribution in [0.15, 0.2) is 48.7 Å². The van der Waals surface area contributed by atoms with E-state index in [1.165, 1.54) is 18.4 Å². The van der Waals surface area contributed by atoms with Gasteiger partial charge < -0.3 is 40.0 Å². The Hall–Kier alpha value is -3.15. The standard InChI is InChI=1S/C29H34ClN3O7/c1-2-39-23(34)14-32-29(38)31-13-22-25(35)26(36)27(37)28(40-22)33-15-19(24-20(30)4-3-5-21(24)33)12-16-6-8-17(9-7-16)18-10-11-18/h3-9,15,18,22,25-28,35-37H,2,10-14H2,1H3,(H2,31,32,38)/t22-,25-,26+,27-,28-/m1/s1. The molecule has 0 spiro atoms. The van der Waals surface area contributed by atoms with Crippen molar-refractivity contribution in [2.75, 3.05) is 19.7 Å². The van der Waals surface area contributed by atoms with Gasteiger partial charge in [0.15, 0.2) is 6.23 Å². The van der Waals surface area contributed by atoms with Crippen molar-refractivity contribution in [3.63, 3.8) is 0 Å². The van der Waals surface area contributed by atoms with Gasteiger partial charge in [-0.15, -0.1) is 0 Å². The van der Waals surface area contributed by atoms with E-state index in [4.69, 9.17) is 21.1 Å². The molecular weight excluding hydrogens is 538 g/mol. The van der Waals surface area contributed by atoms with Crippen molar-refractivity contribution in [1.29, 1.82) is 0 Å². The number of aliphatic hydroxyl groups excluding tert-OH is 3. The van der Waals surface area contributed by atoms with Crippen LogP contribution in [0.1, 0.15) is 48.6 Å². The van der Waals surface area contributed by atoms with Gasteiger partial charge in [0.2, 0.25) is 0 Å². The maximum Gasteiger partial charge on any atom is 0.325 e. The van der Waals surface area contributed by atoms with E-state index in [1.54, 1.807) is 23.6 Å². The predicted molar refractivity (Wildman–Crippen MR) is 148 cm³/mol. The maximum atomic E-state index is 12.2. The Kier molecular flexibility index (Phi) is 8.62. The molecule has 2 aromatic carbocycles. The monoisotopic (exact) mass is 571 g/mol. The molecular formula is C29H34ClN3O7. The van der Waals surface area contributed by atoms with Crippen molar-refractivity contribution in [1.82, 2.24) is 15.2 Å². The van der Waals surface area contributed by atoms with Crippen LogP contribution in [0.5, 0.6) is 0 Å². The molecule has 1 saturated carbocycles. The summed E-state index contributed by atoms with van der Waals surface area (Å²) < 4.78 is 12.6. The highest BCUT2D eigenvalue weighted by Crippen LogP contribution is 2.40. The summed E-state index contributed by atoms with van der Waals surface area (Å²) in [4.78, 5) is 23.6. The summed E-state index contributed by atoms with van der Waals surface area (Å²) in [6, 6.07) is 13.3. The first-order chi connectivity index (χ1) is 19.3. The van der Waals surface area contributed by atoms with E-state index in [9.17, 15) is 24.9 Å². The highest BCUT2D eigenvalue weighted by atomic mass is 35.5. The third kappa shape index (κ3) is 6.11. The number of esters is 1. The van der Waals surface area contributed by atoms with Gasteiger partial charge in [0.1, 0.15) is 31.0 Å². The quantitative estimate of drug-likeness (QED) is 0.248. The number of fused-ring (bicyclic) bond motifs is 1. The van der Waals surface area contributed by atoms with Gasteiger partial charge in [-0.3, -0.25) is 4.79 Å². The zero-order valence-electron chi connectivity index (χ0n) is 22.1. The third-order valence-electron chi connectivity index (χ3n) is 7.43. The van der Waals surface area contributed by atoms with Crippen LogP contribution in [0.4, 0.5) is 4.79 Å². The fourth-order valence-corrected chi connectivity index (χ4v) is 5.48. The Morgan fingerprint density at radius 2 is 1.80 bits per heavy atom. The molecule has 1 aromatic heterocycles. The van der Waals surface area contributed by atoms with Gasteiger partial charge >= 0.3 is 12.0 Å². The molecule has 2 fully saturated rings. The molecule has 0 bridgehead atoms. The minimum Gasteiger partial charge on any atom is -0.465 e. The second-order valence-electron chi connectivity index (χ2n) is 10.3. The zero-order chi connectivity index (χ0) is 28.4. The minimum absolute atomic E-state index is 0.184. The van der Waals surface area contributed by atoms with E-state index in [1.807, 2.05) is 12.3 Å². The van der Waals surface area contributed by atoms with E-state index in [0.29, 0.717) is 22.9 Å². The van der Waals surface area contributed by atoms with Crippen LogP contribution in [0, 0.1) is 0 Å². The summed E-state index contributed by atoms with van der Waals surface area (Å²) in [6.45, 7) is 1.35. The number of aromatic nitrogens is 1. The lowest BCUT2D eigenvalue weighted by atomic mass is 9.97. The molecule has 1 saturated heterocycles. The summed E-state index contributed by atoms with van der Waals surface area (Å²) in [5.41, 5.74) is 4.08. The van der Waals surface area contributed by atoms with Crippen LogP contribution in [0.2, 0.25) is 5.02 Å². The largest absolute Gasteiger partial charge is 0.465 e. The van der Waals surface area contributed by atoms with Gasteiger partial charge in [0, 0.05) is 18.1 Å². The topological polar surface area (TPSA) is 142 Å². The van der Waals surface area contributed by atoms with Crippen molar-refractivity contribution >= 4 is 34.5 Å². The first kappa shape index (κ1) is 28.4. The highest BCUT2D eigenvalue weighted by Gasteiger charge is 2.45. The highest BCUT2D eigenvalue weighted by molar-refractivity contribution is 6.35. The summed E-state index contributed by atoms with van der Waals surface area (Å²) in [5.74, 6) is 0.0845. The van der Waals surface area contributed by atoms with Gasteiger partial charge in [0.05, 0.1) is 17.1 Å². The van der Waals surface area contributed by atoms with Gasteiger partial charge in [-0.05, 0) is 60.9 Å². The number of nitrogens with zero attached hydrogens (tertiary/aromatic N) is 1. The van der Waals surface area contributed by atoms with Crippen LogP contribution in [-0.4, -0.2) is 76.0 Å². The Morgan fingerprint density at radius 3 is 2.50 bits per heavy atom. The van der Waals surface area contributed by atoms with Crippen LogP contribution >= 0.6 is 11.6 Å². The Labute approximate surface area is 236 Å². The number of urea groups is 1. The third-order valence-corrected chi connectivity index (χ3v) is 7.75. The molecule has 1 aliphatic heterocycles. The Morgan fingerprint density at radius 1 is 1.05 bits per heavy atom. The molecule has 1 aliphatic carbocycles. The molecule has 0 unspecified atom stereocenters. The fraction of sp³-hybridized carbons (Fsp3) is 0.448. The molecule has 214 valence electrons.